The highest BCUT2D eigenvalue weighted by Crippen LogP contribution is 2.08. The minimum Gasteiger partial charge on any atom is -0.456 e. The number of aldehydes is 1. The first-order valence-corrected chi connectivity index (χ1v) is 4.32. The predicted molar refractivity (Wildman–Crippen MR) is 50.2 cm³/mol. The van der Waals surface area contributed by atoms with E-state index in [9.17, 15) is 4.79 Å². The van der Waals surface area contributed by atoms with Crippen LogP contribution in [0.1, 0.15) is 22.0 Å². The van der Waals surface area contributed by atoms with Crippen LogP contribution in [0.3, 0.4) is 0 Å². The van der Waals surface area contributed by atoms with Crippen LogP contribution in [0.4, 0.5) is 0 Å². The summed E-state index contributed by atoms with van der Waals surface area (Å²) >= 11 is 0. The number of carbonyl (C=O) groups is 1. The van der Waals surface area contributed by atoms with Crippen LogP contribution in [0.2, 0.25) is 0 Å². The first-order chi connectivity index (χ1) is 6.79. The second-order valence-corrected chi connectivity index (χ2v) is 3.05. The standard InChI is InChI=1S/C10H10N2O2/c1-8-4-5-11-12(8)6-9-2-3-10(7-13)14-9/h2-5,7H,6H2,1H3. The second-order valence-electron chi connectivity index (χ2n) is 3.05. The minimum absolute atomic E-state index is 0.352. The Morgan fingerprint density at radius 2 is 2.36 bits per heavy atom. The largest absolute Gasteiger partial charge is 0.456 e. The van der Waals surface area contributed by atoms with Crippen molar-refractivity contribution >= 4 is 6.29 Å². The molecule has 0 aliphatic heterocycles. The third-order valence-corrected chi connectivity index (χ3v) is 2.03. The molecule has 0 spiro atoms. The molecular weight excluding hydrogens is 180 g/mol. The highest BCUT2D eigenvalue weighted by molar-refractivity contribution is 5.70. The average molecular weight is 190 g/mol. The van der Waals surface area contributed by atoms with E-state index in [1.165, 1.54) is 0 Å². The van der Waals surface area contributed by atoms with Crippen molar-refractivity contribution in [2.45, 2.75) is 13.5 Å². The summed E-state index contributed by atoms with van der Waals surface area (Å²) in [5.74, 6) is 1.09. The molecule has 0 amide bonds. The Morgan fingerprint density at radius 3 is 2.93 bits per heavy atom. The number of hydrogen-bond donors (Lipinski definition) is 0. The van der Waals surface area contributed by atoms with Crippen LogP contribution >= 0.6 is 0 Å². The van der Waals surface area contributed by atoms with Crippen molar-refractivity contribution in [2.24, 2.45) is 0 Å². The predicted octanol–water partition coefficient (Wildman–Crippen LogP) is 1.65. The molecular formula is C10H10N2O2. The smallest absolute Gasteiger partial charge is 0.185 e. The lowest BCUT2D eigenvalue weighted by Gasteiger charge is -2.00. The van der Waals surface area contributed by atoms with E-state index in [0.717, 1.165) is 11.5 Å². The van der Waals surface area contributed by atoms with Crippen LogP contribution in [0.15, 0.2) is 28.8 Å². The second kappa shape index (κ2) is 3.49. The molecule has 0 saturated heterocycles. The van der Waals surface area contributed by atoms with E-state index in [1.807, 2.05) is 17.7 Å². The molecule has 14 heavy (non-hydrogen) atoms. The normalized spacial score (nSPS) is 10.4. The number of aryl methyl sites for hydroxylation is 1. The average Bonchev–Trinajstić information content (AvgIpc) is 2.77. The molecule has 0 radical (unpaired) electrons. The van der Waals surface area contributed by atoms with E-state index in [2.05, 4.69) is 5.10 Å². The summed E-state index contributed by atoms with van der Waals surface area (Å²) in [5.41, 5.74) is 1.06. The van der Waals surface area contributed by atoms with Crippen molar-refractivity contribution in [1.82, 2.24) is 9.78 Å². The Balaban J connectivity index is 2.18. The molecule has 2 rings (SSSR count). The van der Waals surface area contributed by atoms with Gasteiger partial charge < -0.3 is 4.42 Å². The highest BCUT2D eigenvalue weighted by Gasteiger charge is 2.03. The molecule has 72 valence electrons. The van der Waals surface area contributed by atoms with Crippen LogP contribution in [0.5, 0.6) is 0 Å². The quantitative estimate of drug-likeness (QED) is 0.691. The summed E-state index contributed by atoms with van der Waals surface area (Å²) in [6.45, 7) is 2.53. The molecule has 0 unspecified atom stereocenters. The van der Waals surface area contributed by atoms with Gasteiger partial charge in [0.25, 0.3) is 0 Å². The van der Waals surface area contributed by atoms with Gasteiger partial charge in [-0.15, -0.1) is 0 Å². The lowest BCUT2D eigenvalue weighted by molar-refractivity contribution is 0.109. The lowest BCUT2D eigenvalue weighted by Crippen LogP contribution is -2.02. The van der Waals surface area contributed by atoms with E-state index in [1.54, 1.807) is 18.3 Å². The van der Waals surface area contributed by atoms with Crippen molar-refractivity contribution in [3.8, 4) is 0 Å². The summed E-state index contributed by atoms with van der Waals surface area (Å²) in [7, 11) is 0. The van der Waals surface area contributed by atoms with E-state index < -0.39 is 0 Å². The first kappa shape index (κ1) is 8.74. The number of carbonyl (C=O) groups excluding carboxylic acids is 1. The van der Waals surface area contributed by atoms with Crippen LogP contribution in [0.25, 0.3) is 0 Å². The zero-order valence-electron chi connectivity index (χ0n) is 7.80. The van der Waals surface area contributed by atoms with E-state index in [4.69, 9.17) is 4.42 Å². The maximum Gasteiger partial charge on any atom is 0.185 e. The van der Waals surface area contributed by atoms with Gasteiger partial charge in [-0.1, -0.05) is 0 Å². The topological polar surface area (TPSA) is 48.0 Å². The Hall–Kier alpha value is -1.84. The molecule has 0 aliphatic carbocycles. The van der Waals surface area contributed by atoms with Gasteiger partial charge in [-0.2, -0.15) is 5.10 Å². The number of rotatable bonds is 3. The number of hydrogen-bond acceptors (Lipinski definition) is 3. The van der Waals surface area contributed by atoms with Crippen LogP contribution < -0.4 is 0 Å². The van der Waals surface area contributed by atoms with Crippen LogP contribution in [-0.2, 0) is 6.54 Å². The monoisotopic (exact) mass is 190 g/mol. The van der Waals surface area contributed by atoms with Crippen molar-refractivity contribution in [3.05, 3.63) is 41.6 Å². The van der Waals surface area contributed by atoms with Gasteiger partial charge in [0.05, 0.1) is 6.54 Å². The van der Waals surface area contributed by atoms with Gasteiger partial charge in [0.15, 0.2) is 12.0 Å². The molecule has 0 atom stereocenters. The van der Waals surface area contributed by atoms with E-state index >= 15 is 0 Å². The minimum atomic E-state index is 0.352. The highest BCUT2D eigenvalue weighted by atomic mass is 16.3. The van der Waals surface area contributed by atoms with Gasteiger partial charge in [0, 0.05) is 11.9 Å². The van der Waals surface area contributed by atoms with Crippen molar-refractivity contribution in [1.29, 1.82) is 0 Å². The van der Waals surface area contributed by atoms with Gasteiger partial charge in [-0.3, -0.25) is 9.48 Å². The van der Waals surface area contributed by atoms with Crippen LogP contribution in [0, 0.1) is 6.92 Å². The summed E-state index contributed by atoms with van der Waals surface area (Å²) in [6.07, 6.45) is 2.43. The fourth-order valence-electron chi connectivity index (χ4n) is 1.25. The summed E-state index contributed by atoms with van der Waals surface area (Å²) in [5, 5.41) is 4.11. The molecule has 4 heteroatoms. The van der Waals surface area contributed by atoms with Gasteiger partial charge in [0.1, 0.15) is 5.76 Å². The third kappa shape index (κ3) is 1.59. The molecule has 0 fully saturated rings. The molecule has 0 saturated carbocycles. The number of aromatic nitrogens is 2. The fourth-order valence-corrected chi connectivity index (χ4v) is 1.25. The van der Waals surface area contributed by atoms with Gasteiger partial charge in [0.2, 0.25) is 0 Å². The van der Waals surface area contributed by atoms with E-state index in [0.29, 0.717) is 18.6 Å². The Morgan fingerprint density at radius 1 is 1.50 bits per heavy atom. The zero-order chi connectivity index (χ0) is 9.97. The SMILES string of the molecule is Cc1ccnn1Cc1ccc(C=O)o1. The first-order valence-electron chi connectivity index (χ1n) is 4.32. The molecule has 0 N–H and O–H groups in total. The third-order valence-electron chi connectivity index (χ3n) is 2.03. The van der Waals surface area contributed by atoms with Crippen LogP contribution in [-0.4, -0.2) is 16.1 Å². The summed E-state index contributed by atoms with van der Waals surface area (Å²) in [4.78, 5) is 10.4. The Bertz CT molecular complexity index is 442. The van der Waals surface area contributed by atoms with Crippen molar-refractivity contribution in [2.75, 3.05) is 0 Å². The fraction of sp³-hybridized carbons (Fsp3) is 0.200. The summed E-state index contributed by atoms with van der Waals surface area (Å²) in [6, 6.07) is 5.36. The van der Waals surface area contributed by atoms with Gasteiger partial charge in [-0.05, 0) is 25.1 Å². The number of furan rings is 1. The number of nitrogens with zero attached hydrogens (tertiary/aromatic N) is 2. The molecule has 0 bridgehead atoms. The van der Waals surface area contributed by atoms with E-state index in [-0.39, 0.29) is 0 Å². The lowest BCUT2D eigenvalue weighted by atomic mass is 10.4. The Labute approximate surface area is 81.1 Å². The maximum absolute atomic E-state index is 10.4. The molecule has 2 aromatic rings. The van der Waals surface area contributed by atoms with Crippen molar-refractivity contribution in [3.63, 3.8) is 0 Å². The molecule has 4 nitrogen and oxygen atoms in total. The molecule has 0 aromatic carbocycles. The van der Waals surface area contributed by atoms with Gasteiger partial charge >= 0.3 is 0 Å². The Kier molecular flexibility index (Phi) is 2.18. The molecule has 0 aliphatic rings. The zero-order valence-corrected chi connectivity index (χ0v) is 7.80. The molecule has 2 heterocycles. The maximum atomic E-state index is 10.4. The van der Waals surface area contributed by atoms with Gasteiger partial charge in [-0.25, -0.2) is 0 Å². The van der Waals surface area contributed by atoms with Crippen molar-refractivity contribution < 1.29 is 9.21 Å². The summed E-state index contributed by atoms with van der Waals surface area (Å²) < 4.78 is 7.05. The molecule has 2 aromatic heterocycles.